The van der Waals surface area contributed by atoms with Crippen LogP contribution in [0.4, 0.5) is 0 Å². The summed E-state index contributed by atoms with van der Waals surface area (Å²) in [4.78, 5) is 12.1. The molecule has 28 heavy (non-hydrogen) atoms. The smallest absolute Gasteiger partial charge is 0.230 e. The fourth-order valence-corrected chi connectivity index (χ4v) is 4.20. The van der Waals surface area contributed by atoms with Gasteiger partial charge in [-0.2, -0.15) is 5.10 Å². The van der Waals surface area contributed by atoms with Gasteiger partial charge in [-0.1, -0.05) is 36.7 Å². The highest BCUT2D eigenvalue weighted by Gasteiger charge is 2.22. The molecule has 0 saturated heterocycles. The number of amides is 1. The molecule has 4 rings (SSSR count). The van der Waals surface area contributed by atoms with E-state index < -0.39 is 0 Å². The van der Waals surface area contributed by atoms with Crippen molar-refractivity contribution in [2.24, 2.45) is 0 Å². The lowest BCUT2D eigenvalue weighted by atomic mass is 10.1. The maximum absolute atomic E-state index is 12.1. The van der Waals surface area contributed by atoms with Crippen molar-refractivity contribution < 1.29 is 4.79 Å². The molecule has 0 unspecified atom stereocenters. The van der Waals surface area contributed by atoms with Crippen LogP contribution in [0.2, 0.25) is 0 Å². The first kappa shape index (κ1) is 18.7. The maximum atomic E-state index is 12.1. The second-order valence-corrected chi connectivity index (χ2v) is 7.79. The van der Waals surface area contributed by atoms with Crippen LogP contribution in [0.5, 0.6) is 0 Å². The minimum Gasteiger partial charge on any atom is -0.355 e. The van der Waals surface area contributed by atoms with E-state index in [0.29, 0.717) is 18.3 Å². The van der Waals surface area contributed by atoms with Crippen molar-refractivity contribution in [3.8, 4) is 5.69 Å². The zero-order valence-corrected chi connectivity index (χ0v) is 16.4. The Bertz CT molecular complexity index is 885. The average Bonchev–Trinajstić information content (AvgIpc) is 3.49. The first-order chi connectivity index (χ1) is 13.8. The molecule has 1 aliphatic carbocycles. The number of nitrogens with one attached hydrogen (secondary N) is 1. The molecular formula is C19H23N7OS. The van der Waals surface area contributed by atoms with Crippen molar-refractivity contribution in [1.29, 1.82) is 0 Å². The average molecular weight is 398 g/mol. The highest BCUT2D eigenvalue weighted by Crippen LogP contribution is 2.31. The Morgan fingerprint density at radius 3 is 2.79 bits per heavy atom. The van der Waals surface area contributed by atoms with Crippen LogP contribution in [-0.2, 0) is 11.2 Å². The fourth-order valence-electron chi connectivity index (χ4n) is 3.42. The number of nitrogens with zero attached hydrogens (tertiary/aromatic N) is 6. The number of carbonyl (C=O) groups is 1. The lowest BCUT2D eigenvalue weighted by Gasteiger charge is -2.10. The molecule has 9 heteroatoms. The Balaban J connectivity index is 1.20. The van der Waals surface area contributed by atoms with E-state index in [1.54, 1.807) is 6.20 Å². The quantitative estimate of drug-likeness (QED) is 0.587. The van der Waals surface area contributed by atoms with Gasteiger partial charge >= 0.3 is 0 Å². The van der Waals surface area contributed by atoms with E-state index in [1.807, 2.05) is 33.8 Å². The van der Waals surface area contributed by atoms with Crippen molar-refractivity contribution in [2.45, 2.75) is 43.3 Å². The Hall–Kier alpha value is -2.68. The first-order valence-electron chi connectivity index (χ1n) is 9.56. The Morgan fingerprint density at radius 1 is 1.21 bits per heavy atom. The van der Waals surface area contributed by atoms with Gasteiger partial charge in [-0.3, -0.25) is 4.79 Å². The molecule has 0 radical (unpaired) electrons. The van der Waals surface area contributed by atoms with Crippen LogP contribution in [0.3, 0.4) is 0 Å². The summed E-state index contributed by atoms with van der Waals surface area (Å²) >= 11 is 1.40. The first-order valence-corrected chi connectivity index (χ1v) is 10.5. The summed E-state index contributed by atoms with van der Waals surface area (Å²) in [6.07, 6.45) is 9.13. The van der Waals surface area contributed by atoms with Crippen molar-refractivity contribution in [1.82, 2.24) is 35.3 Å². The Kier molecular flexibility index (Phi) is 6.01. The van der Waals surface area contributed by atoms with Crippen LogP contribution >= 0.6 is 11.8 Å². The summed E-state index contributed by atoms with van der Waals surface area (Å²) < 4.78 is 3.70. The number of hydrogen-bond acceptors (Lipinski definition) is 6. The second-order valence-electron chi connectivity index (χ2n) is 6.85. The Morgan fingerprint density at radius 2 is 2.04 bits per heavy atom. The van der Waals surface area contributed by atoms with Crippen LogP contribution < -0.4 is 5.32 Å². The van der Waals surface area contributed by atoms with Crippen molar-refractivity contribution >= 4 is 17.7 Å². The van der Waals surface area contributed by atoms with Gasteiger partial charge in [0.15, 0.2) is 0 Å². The number of hydrogen-bond donors (Lipinski definition) is 1. The number of aromatic nitrogens is 6. The number of tetrazole rings is 1. The van der Waals surface area contributed by atoms with E-state index in [1.165, 1.54) is 30.2 Å². The van der Waals surface area contributed by atoms with Crippen LogP contribution in [0.1, 0.15) is 37.3 Å². The molecule has 2 heterocycles. The van der Waals surface area contributed by atoms with Crippen LogP contribution in [0, 0.1) is 0 Å². The molecule has 8 nitrogen and oxygen atoms in total. The Labute approximate surface area is 167 Å². The van der Waals surface area contributed by atoms with E-state index >= 15 is 0 Å². The molecule has 0 spiro atoms. The van der Waals surface area contributed by atoms with Crippen molar-refractivity contribution in [3.05, 3.63) is 48.3 Å². The van der Waals surface area contributed by atoms with Gasteiger partial charge in [0.1, 0.15) is 0 Å². The predicted molar refractivity (Wildman–Crippen MR) is 106 cm³/mol. The predicted octanol–water partition coefficient (Wildman–Crippen LogP) is 2.42. The summed E-state index contributed by atoms with van der Waals surface area (Å²) in [6, 6.07) is 10.5. The second kappa shape index (κ2) is 9.01. The number of carbonyl (C=O) groups excluding carboxylic acids is 1. The molecule has 0 atom stereocenters. The topological polar surface area (TPSA) is 90.5 Å². The highest BCUT2D eigenvalue weighted by atomic mass is 32.2. The number of rotatable bonds is 8. The van der Waals surface area contributed by atoms with Gasteiger partial charge in [-0.05, 0) is 53.5 Å². The van der Waals surface area contributed by atoms with Crippen LogP contribution in [0.25, 0.3) is 5.69 Å². The van der Waals surface area contributed by atoms with Crippen molar-refractivity contribution in [3.63, 3.8) is 0 Å². The van der Waals surface area contributed by atoms with Gasteiger partial charge < -0.3 is 5.32 Å². The molecule has 1 N–H and O–H groups in total. The summed E-state index contributed by atoms with van der Waals surface area (Å²) in [7, 11) is 0. The minimum atomic E-state index is -0.000803. The monoisotopic (exact) mass is 397 g/mol. The molecule has 1 amide bonds. The van der Waals surface area contributed by atoms with Crippen LogP contribution in [0.15, 0.2) is 47.9 Å². The zero-order valence-electron chi connectivity index (χ0n) is 15.6. The van der Waals surface area contributed by atoms with E-state index in [2.05, 4.69) is 38.1 Å². The third-order valence-electron chi connectivity index (χ3n) is 4.91. The molecule has 1 fully saturated rings. The third-order valence-corrected chi connectivity index (χ3v) is 5.84. The summed E-state index contributed by atoms with van der Waals surface area (Å²) in [6.45, 7) is 0.605. The van der Waals surface area contributed by atoms with Crippen LogP contribution in [-0.4, -0.2) is 48.2 Å². The lowest BCUT2D eigenvalue weighted by Crippen LogP contribution is -2.27. The largest absolute Gasteiger partial charge is 0.355 e. The zero-order chi connectivity index (χ0) is 19.2. The van der Waals surface area contributed by atoms with Gasteiger partial charge in [-0.25, -0.2) is 9.36 Å². The van der Waals surface area contributed by atoms with E-state index in [0.717, 1.165) is 30.1 Å². The molecule has 146 valence electrons. The van der Waals surface area contributed by atoms with E-state index in [9.17, 15) is 4.79 Å². The maximum Gasteiger partial charge on any atom is 0.230 e. The third kappa shape index (κ3) is 4.59. The molecule has 1 aromatic carbocycles. The van der Waals surface area contributed by atoms with Gasteiger partial charge in [0.2, 0.25) is 11.1 Å². The summed E-state index contributed by atoms with van der Waals surface area (Å²) in [5, 5.41) is 19.9. The van der Waals surface area contributed by atoms with E-state index in [4.69, 9.17) is 0 Å². The SMILES string of the molecule is O=C(CSc1nnnn1C1CCCC1)NCCc1ccc(-n2cccn2)cc1. The van der Waals surface area contributed by atoms with Gasteiger partial charge in [0.05, 0.1) is 17.5 Å². The highest BCUT2D eigenvalue weighted by molar-refractivity contribution is 7.99. The number of benzene rings is 1. The molecule has 0 bridgehead atoms. The van der Waals surface area contributed by atoms with E-state index in [-0.39, 0.29) is 5.91 Å². The molecule has 1 aliphatic rings. The van der Waals surface area contributed by atoms with Gasteiger partial charge in [0.25, 0.3) is 0 Å². The number of thioether (sulfide) groups is 1. The molecule has 2 aromatic heterocycles. The summed E-state index contributed by atoms with van der Waals surface area (Å²) in [5.41, 5.74) is 2.20. The molecule has 1 saturated carbocycles. The van der Waals surface area contributed by atoms with Crippen molar-refractivity contribution in [2.75, 3.05) is 12.3 Å². The summed E-state index contributed by atoms with van der Waals surface area (Å²) in [5.74, 6) is 0.324. The van der Waals surface area contributed by atoms with Gasteiger partial charge in [0, 0.05) is 18.9 Å². The molecule has 3 aromatic rings. The molecule has 0 aliphatic heterocycles. The minimum absolute atomic E-state index is 0.000803. The van der Waals surface area contributed by atoms with Gasteiger partial charge in [-0.15, -0.1) is 5.10 Å². The fraction of sp³-hybridized carbons (Fsp3) is 0.421. The lowest BCUT2D eigenvalue weighted by molar-refractivity contribution is -0.118. The normalized spacial score (nSPS) is 14.4. The standard InChI is InChI=1S/C19H23N7OS/c27-18(14-28-19-22-23-24-26(19)17-4-1-2-5-17)20-12-10-15-6-8-16(9-7-15)25-13-3-11-21-25/h3,6-9,11,13,17H,1-2,4-5,10,12,14H2,(H,20,27). The molecular weight excluding hydrogens is 374 g/mol.